The van der Waals surface area contributed by atoms with Crippen LogP contribution in [0.3, 0.4) is 0 Å². The van der Waals surface area contributed by atoms with Crippen LogP contribution in [0.25, 0.3) is 10.8 Å². The van der Waals surface area contributed by atoms with Gasteiger partial charge in [0.25, 0.3) is 5.91 Å². The van der Waals surface area contributed by atoms with E-state index in [1.165, 1.54) is 19.2 Å². The number of nitrogens with one attached hydrogen (secondary N) is 1. The topological polar surface area (TPSA) is 88.5 Å². The molecule has 3 aromatic rings. The van der Waals surface area contributed by atoms with Gasteiger partial charge in [-0.1, -0.05) is 36.4 Å². The lowest BCUT2D eigenvalue weighted by molar-refractivity contribution is -0.142. The van der Waals surface area contributed by atoms with Crippen molar-refractivity contribution in [3.63, 3.8) is 0 Å². The van der Waals surface area contributed by atoms with Gasteiger partial charge in [-0.3, -0.25) is 9.78 Å². The molecular formula is C20H18N2O4. The molecule has 3 rings (SSSR count). The van der Waals surface area contributed by atoms with Crippen molar-refractivity contribution in [2.75, 3.05) is 7.11 Å². The number of carbonyl (C=O) groups is 2. The zero-order valence-corrected chi connectivity index (χ0v) is 14.2. The number of hydrogen-bond acceptors (Lipinski definition) is 5. The van der Waals surface area contributed by atoms with E-state index in [2.05, 4.69) is 10.3 Å². The van der Waals surface area contributed by atoms with Crippen LogP contribution in [0.2, 0.25) is 0 Å². The zero-order valence-electron chi connectivity index (χ0n) is 14.2. The number of nitrogens with zero attached hydrogens (tertiary/aromatic N) is 1. The predicted molar refractivity (Wildman–Crippen MR) is 96.8 cm³/mol. The van der Waals surface area contributed by atoms with Crippen LogP contribution in [0, 0.1) is 0 Å². The van der Waals surface area contributed by atoms with E-state index in [-0.39, 0.29) is 17.9 Å². The Morgan fingerprint density at radius 3 is 2.50 bits per heavy atom. The number of fused-ring (bicyclic) bond motifs is 1. The molecule has 1 heterocycles. The number of hydrogen-bond donors (Lipinski definition) is 2. The number of benzene rings is 2. The highest BCUT2D eigenvalue weighted by Crippen LogP contribution is 2.15. The maximum atomic E-state index is 12.5. The van der Waals surface area contributed by atoms with E-state index in [4.69, 9.17) is 4.74 Å². The molecule has 2 aromatic carbocycles. The second kappa shape index (κ2) is 7.65. The summed E-state index contributed by atoms with van der Waals surface area (Å²) >= 11 is 0. The van der Waals surface area contributed by atoms with Gasteiger partial charge in [0, 0.05) is 18.0 Å². The minimum atomic E-state index is -0.856. The summed E-state index contributed by atoms with van der Waals surface area (Å²) in [6.45, 7) is 0. The SMILES string of the molecule is COC(=O)[C@H](Cc1ccc(O)cc1)NC(=O)c1cc2ccccc2cn1. The van der Waals surface area contributed by atoms with E-state index in [0.717, 1.165) is 16.3 Å². The van der Waals surface area contributed by atoms with Crippen molar-refractivity contribution in [2.24, 2.45) is 0 Å². The molecule has 0 bridgehead atoms. The van der Waals surface area contributed by atoms with Gasteiger partial charge in [0.05, 0.1) is 7.11 Å². The van der Waals surface area contributed by atoms with E-state index in [1.54, 1.807) is 24.4 Å². The van der Waals surface area contributed by atoms with Crippen LogP contribution in [0.4, 0.5) is 0 Å². The molecule has 0 fully saturated rings. The molecule has 6 heteroatoms. The number of esters is 1. The Balaban J connectivity index is 1.79. The largest absolute Gasteiger partial charge is 0.508 e. The molecule has 1 amide bonds. The Morgan fingerprint density at radius 2 is 1.81 bits per heavy atom. The summed E-state index contributed by atoms with van der Waals surface area (Å²) in [5, 5.41) is 13.8. The molecule has 0 aliphatic carbocycles. The third-order valence-corrected chi connectivity index (χ3v) is 4.03. The summed E-state index contributed by atoms with van der Waals surface area (Å²) in [6.07, 6.45) is 1.86. The van der Waals surface area contributed by atoms with Crippen molar-refractivity contribution in [2.45, 2.75) is 12.5 Å². The number of aromatic hydroxyl groups is 1. The molecule has 0 spiro atoms. The average Bonchev–Trinajstić information content (AvgIpc) is 2.68. The first kappa shape index (κ1) is 17.4. The van der Waals surface area contributed by atoms with E-state index in [1.807, 2.05) is 24.3 Å². The van der Waals surface area contributed by atoms with Crippen LogP contribution in [0.1, 0.15) is 16.1 Å². The maximum absolute atomic E-state index is 12.5. The van der Waals surface area contributed by atoms with Crippen LogP contribution >= 0.6 is 0 Å². The molecule has 0 aliphatic rings. The van der Waals surface area contributed by atoms with Gasteiger partial charge in [-0.2, -0.15) is 0 Å². The number of ether oxygens (including phenoxy) is 1. The van der Waals surface area contributed by atoms with E-state index in [0.29, 0.717) is 0 Å². The standard InChI is InChI=1S/C20H18N2O4/c1-26-20(25)18(10-13-6-8-16(23)9-7-13)22-19(24)17-11-14-4-2-3-5-15(14)12-21-17/h2-9,11-12,18,23H,10H2,1H3,(H,22,24)/t18-/m0/s1. The van der Waals surface area contributed by atoms with Crippen LogP contribution in [0.15, 0.2) is 60.8 Å². The molecule has 26 heavy (non-hydrogen) atoms. The number of pyridine rings is 1. The van der Waals surface area contributed by atoms with Crippen LogP contribution in [0.5, 0.6) is 5.75 Å². The van der Waals surface area contributed by atoms with Gasteiger partial charge in [-0.05, 0) is 29.1 Å². The number of phenols is 1. The molecule has 0 aliphatic heterocycles. The molecule has 132 valence electrons. The van der Waals surface area contributed by atoms with Crippen molar-refractivity contribution in [1.82, 2.24) is 10.3 Å². The number of amides is 1. The van der Waals surface area contributed by atoms with Gasteiger partial charge in [-0.15, -0.1) is 0 Å². The Morgan fingerprint density at radius 1 is 1.12 bits per heavy atom. The molecule has 0 saturated carbocycles. The third-order valence-electron chi connectivity index (χ3n) is 4.03. The summed E-state index contributed by atoms with van der Waals surface area (Å²) in [4.78, 5) is 28.8. The predicted octanol–water partition coefficient (Wildman–Crippen LogP) is 2.45. The fourth-order valence-corrected chi connectivity index (χ4v) is 2.64. The van der Waals surface area contributed by atoms with E-state index < -0.39 is 17.9 Å². The second-order valence-corrected chi connectivity index (χ2v) is 5.84. The molecule has 0 radical (unpaired) electrons. The first-order chi connectivity index (χ1) is 12.6. The minimum absolute atomic E-state index is 0.132. The Hall–Kier alpha value is -3.41. The van der Waals surface area contributed by atoms with Crippen LogP contribution in [-0.2, 0) is 16.0 Å². The van der Waals surface area contributed by atoms with E-state index >= 15 is 0 Å². The summed E-state index contributed by atoms with van der Waals surface area (Å²) in [5.74, 6) is -0.870. The highest BCUT2D eigenvalue weighted by atomic mass is 16.5. The van der Waals surface area contributed by atoms with Gasteiger partial charge in [-0.25, -0.2) is 4.79 Å². The lowest BCUT2D eigenvalue weighted by atomic mass is 10.1. The molecule has 1 atom stereocenters. The minimum Gasteiger partial charge on any atom is -0.508 e. The van der Waals surface area contributed by atoms with Gasteiger partial charge in [0.15, 0.2) is 0 Å². The Kier molecular flexibility index (Phi) is 5.12. The Labute approximate surface area is 150 Å². The summed E-state index contributed by atoms with van der Waals surface area (Å²) < 4.78 is 4.79. The fourth-order valence-electron chi connectivity index (χ4n) is 2.64. The molecule has 6 nitrogen and oxygen atoms in total. The summed E-state index contributed by atoms with van der Waals surface area (Å²) in [7, 11) is 1.27. The highest BCUT2D eigenvalue weighted by Gasteiger charge is 2.23. The molecule has 2 N–H and O–H groups in total. The number of rotatable bonds is 5. The van der Waals surface area contributed by atoms with Crippen LogP contribution in [-0.4, -0.2) is 35.1 Å². The first-order valence-corrected chi connectivity index (χ1v) is 8.08. The van der Waals surface area contributed by atoms with Crippen molar-refractivity contribution in [1.29, 1.82) is 0 Å². The van der Waals surface area contributed by atoms with Gasteiger partial charge >= 0.3 is 5.97 Å². The van der Waals surface area contributed by atoms with Crippen molar-refractivity contribution < 1.29 is 19.4 Å². The summed E-state index contributed by atoms with van der Waals surface area (Å²) in [5.41, 5.74) is 1.01. The van der Waals surface area contributed by atoms with Gasteiger partial charge < -0.3 is 15.2 Å². The zero-order chi connectivity index (χ0) is 18.5. The number of aromatic nitrogens is 1. The smallest absolute Gasteiger partial charge is 0.328 e. The van der Waals surface area contributed by atoms with E-state index in [9.17, 15) is 14.7 Å². The molecule has 0 unspecified atom stereocenters. The quantitative estimate of drug-likeness (QED) is 0.690. The lowest BCUT2D eigenvalue weighted by Gasteiger charge is -2.16. The second-order valence-electron chi connectivity index (χ2n) is 5.84. The first-order valence-electron chi connectivity index (χ1n) is 8.08. The van der Waals surface area contributed by atoms with Gasteiger partial charge in [0.1, 0.15) is 17.5 Å². The van der Waals surface area contributed by atoms with Crippen molar-refractivity contribution >= 4 is 22.6 Å². The number of phenolic OH excluding ortho intramolecular Hbond substituents is 1. The summed E-state index contributed by atoms with van der Waals surface area (Å²) in [6, 6.07) is 14.8. The number of methoxy groups -OCH3 is 1. The molecule has 0 saturated heterocycles. The highest BCUT2D eigenvalue weighted by molar-refractivity contribution is 5.98. The van der Waals surface area contributed by atoms with Crippen LogP contribution < -0.4 is 5.32 Å². The van der Waals surface area contributed by atoms with Gasteiger partial charge in [0.2, 0.25) is 0 Å². The lowest BCUT2D eigenvalue weighted by Crippen LogP contribution is -2.43. The monoisotopic (exact) mass is 350 g/mol. The third kappa shape index (κ3) is 3.97. The van der Waals surface area contributed by atoms with Crippen molar-refractivity contribution in [3.8, 4) is 5.75 Å². The van der Waals surface area contributed by atoms with Crippen molar-refractivity contribution in [3.05, 3.63) is 72.1 Å². The maximum Gasteiger partial charge on any atom is 0.328 e. The average molecular weight is 350 g/mol. The fraction of sp³-hybridized carbons (Fsp3) is 0.150. The normalized spacial score (nSPS) is 11.7. The number of carbonyl (C=O) groups excluding carboxylic acids is 2. The molecular weight excluding hydrogens is 332 g/mol. The Bertz CT molecular complexity index is 938. The molecule has 1 aromatic heterocycles.